The molecule has 0 aliphatic heterocycles. The van der Waals surface area contributed by atoms with Crippen molar-refractivity contribution in [2.45, 2.75) is 17.7 Å². The summed E-state index contributed by atoms with van der Waals surface area (Å²) in [6, 6.07) is 26.2. The average Bonchev–Trinajstić information content (AvgIpc) is 2.82. The first kappa shape index (κ1) is 24.9. The Kier molecular flexibility index (Phi) is 8.18. The molecule has 2 N–H and O–H groups in total. The Morgan fingerprint density at radius 1 is 0.857 bits per heavy atom. The van der Waals surface area contributed by atoms with Crippen LogP contribution in [0.15, 0.2) is 89.8 Å². The number of carbonyl (C=O) groups is 2. The van der Waals surface area contributed by atoms with Crippen LogP contribution in [0.2, 0.25) is 10.0 Å². The molecule has 0 unspecified atom stereocenters. The minimum Gasteiger partial charge on any atom is -0.480 e. The Morgan fingerprint density at radius 2 is 1.54 bits per heavy atom. The molecule has 4 aromatic carbocycles. The third-order valence-electron chi connectivity index (χ3n) is 5.26. The van der Waals surface area contributed by atoms with Gasteiger partial charge in [0.25, 0.3) is 0 Å². The van der Waals surface area contributed by atoms with E-state index in [1.165, 1.54) is 11.9 Å². The minimum atomic E-state index is -0.979. The smallest absolute Gasteiger partial charge is 0.324 e. The quantitative estimate of drug-likeness (QED) is 0.224. The highest BCUT2D eigenvalue weighted by Crippen LogP contribution is 2.38. The van der Waals surface area contributed by atoms with E-state index >= 15 is 0 Å². The number of amides is 1. The number of hydrogen-bond donors (Lipinski definition) is 2. The maximum atomic E-state index is 12.7. The van der Waals surface area contributed by atoms with Gasteiger partial charge in [0, 0.05) is 37.8 Å². The first-order chi connectivity index (χ1) is 16.9. The number of fused-ring (bicyclic) bond motifs is 1. The predicted molar refractivity (Wildman–Crippen MR) is 145 cm³/mol. The Hall–Kier alpha value is -3.19. The molecule has 0 atom stereocenters. The molecule has 0 bridgehead atoms. The van der Waals surface area contributed by atoms with E-state index in [1.807, 2.05) is 66.7 Å². The molecule has 4 aromatic rings. The molecule has 178 valence electrons. The Balaban J connectivity index is 1.61. The minimum absolute atomic E-state index is 0.0860. The SMILES string of the molecule is O=C(O)CN(Sc1cc(Cl)cc(Cl)c1)c1cccc2c(NC(=O)CCc3ccccc3)cccc12. The summed E-state index contributed by atoms with van der Waals surface area (Å²) in [6.07, 6.45) is 1.00. The summed E-state index contributed by atoms with van der Waals surface area (Å²) in [4.78, 5) is 25.1. The van der Waals surface area contributed by atoms with Crippen LogP contribution in [0.25, 0.3) is 10.8 Å². The van der Waals surface area contributed by atoms with Gasteiger partial charge in [-0.3, -0.25) is 9.59 Å². The first-order valence-electron chi connectivity index (χ1n) is 10.9. The van der Waals surface area contributed by atoms with E-state index in [2.05, 4.69) is 5.32 Å². The molecule has 0 aromatic heterocycles. The summed E-state index contributed by atoms with van der Waals surface area (Å²) in [6.45, 7) is -0.248. The number of nitrogens with zero attached hydrogens (tertiary/aromatic N) is 1. The summed E-state index contributed by atoms with van der Waals surface area (Å²) < 4.78 is 1.67. The summed E-state index contributed by atoms with van der Waals surface area (Å²) in [7, 11) is 0. The van der Waals surface area contributed by atoms with Crippen LogP contribution in [0.3, 0.4) is 0 Å². The van der Waals surface area contributed by atoms with Gasteiger partial charge in [-0.25, -0.2) is 0 Å². The number of carboxylic acid groups (broad SMARTS) is 1. The van der Waals surface area contributed by atoms with E-state index in [-0.39, 0.29) is 12.5 Å². The monoisotopic (exact) mass is 524 g/mol. The number of anilines is 2. The van der Waals surface area contributed by atoms with Crippen LogP contribution in [-0.4, -0.2) is 23.5 Å². The Bertz CT molecular complexity index is 1350. The van der Waals surface area contributed by atoms with E-state index in [0.717, 1.165) is 16.3 Å². The van der Waals surface area contributed by atoms with Crippen molar-refractivity contribution in [1.29, 1.82) is 0 Å². The average molecular weight is 525 g/mol. The van der Waals surface area contributed by atoms with Gasteiger partial charge in [0.15, 0.2) is 0 Å². The number of benzene rings is 4. The van der Waals surface area contributed by atoms with Gasteiger partial charge < -0.3 is 14.7 Å². The number of nitrogens with one attached hydrogen (secondary N) is 1. The molecule has 0 aliphatic rings. The summed E-state index contributed by atoms with van der Waals surface area (Å²) in [5.74, 6) is -1.06. The Morgan fingerprint density at radius 3 is 2.26 bits per heavy atom. The standard InChI is InChI=1S/C27H22Cl2N2O3S/c28-19-14-20(29)16-21(15-19)35-31(17-27(33)34)25-11-5-8-22-23(25)9-4-10-24(22)30-26(32)13-12-18-6-2-1-3-7-18/h1-11,14-16H,12-13,17H2,(H,30,32)(H,33,34). The zero-order chi connectivity index (χ0) is 24.8. The van der Waals surface area contributed by atoms with Gasteiger partial charge in [-0.1, -0.05) is 77.8 Å². The highest BCUT2D eigenvalue weighted by molar-refractivity contribution is 8.00. The van der Waals surface area contributed by atoms with E-state index < -0.39 is 5.97 Å². The zero-order valence-corrected chi connectivity index (χ0v) is 20.9. The second-order valence-corrected chi connectivity index (χ2v) is 9.81. The van der Waals surface area contributed by atoms with Crippen LogP contribution in [0.4, 0.5) is 11.4 Å². The van der Waals surface area contributed by atoms with E-state index in [1.54, 1.807) is 22.5 Å². The molecule has 0 heterocycles. The van der Waals surface area contributed by atoms with E-state index in [9.17, 15) is 14.7 Å². The van der Waals surface area contributed by atoms with Crippen molar-refractivity contribution in [1.82, 2.24) is 0 Å². The molecule has 4 rings (SSSR count). The maximum Gasteiger partial charge on any atom is 0.324 e. The van der Waals surface area contributed by atoms with Gasteiger partial charge >= 0.3 is 5.97 Å². The van der Waals surface area contributed by atoms with Gasteiger partial charge in [-0.05, 0) is 54.3 Å². The molecule has 35 heavy (non-hydrogen) atoms. The molecular formula is C27H22Cl2N2O3S. The van der Waals surface area contributed by atoms with E-state index in [0.29, 0.717) is 39.2 Å². The fourth-order valence-electron chi connectivity index (χ4n) is 3.73. The molecule has 0 radical (unpaired) electrons. The molecule has 8 heteroatoms. The van der Waals surface area contributed by atoms with Gasteiger partial charge in [-0.15, -0.1) is 0 Å². The lowest BCUT2D eigenvalue weighted by Crippen LogP contribution is -2.23. The molecule has 0 fully saturated rings. The number of hydrogen-bond acceptors (Lipinski definition) is 4. The molecule has 0 saturated heterocycles. The lowest BCUT2D eigenvalue weighted by atomic mass is 10.1. The number of rotatable bonds is 9. The topological polar surface area (TPSA) is 69.6 Å². The van der Waals surface area contributed by atoms with Crippen molar-refractivity contribution < 1.29 is 14.7 Å². The third-order valence-corrected chi connectivity index (χ3v) is 6.69. The summed E-state index contributed by atoms with van der Waals surface area (Å²) in [5, 5.41) is 15.1. The van der Waals surface area contributed by atoms with Crippen molar-refractivity contribution in [2.75, 3.05) is 16.2 Å². The van der Waals surface area contributed by atoms with Crippen LogP contribution in [0.5, 0.6) is 0 Å². The highest BCUT2D eigenvalue weighted by Gasteiger charge is 2.17. The number of halogens is 2. The fraction of sp³-hybridized carbons (Fsp3) is 0.111. The molecule has 1 amide bonds. The van der Waals surface area contributed by atoms with Crippen LogP contribution in [-0.2, 0) is 16.0 Å². The summed E-state index contributed by atoms with van der Waals surface area (Å²) >= 11 is 13.5. The van der Waals surface area contributed by atoms with Gasteiger partial charge in [0.05, 0.1) is 5.69 Å². The maximum absolute atomic E-state index is 12.7. The number of carbonyl (C=O) groups excluding carboxylic acids is 1. The third kappa shape index (κ3) is 6.69. The second kappa shape index (κ2) is 11.5. The van der Waals surface area contributed by atoms with Crippen LogP contribution >= 0.6 is 35.1 Å². The molecule has 0 spiro atoms. The lowest BCUT2D eigenvalue weighted by molar-refractivity contribution is -0.135. The van der Waals surface area contributed by atoms with Crippen molar-refractivity contribution in [3.05, 3.63) is 101 Å². The van der Waals surface area contributed by atoms with Crippen LogP contribution in [0, 0.1) is 0 Å². The molecular weight excluding hydrogens is 503 g/mol. The first-order valence-corrected chi connectivity index (χ1v) is 12.4. The predicted octanol–water partition coefficient (Wildman–Crippen LogP) is 7.32. The molecule has 5 nitrogen and oxygen atoms in total. The van der Waals surface area contributed by atoms with Crippen molar-refractivity contribution >= 4 is 69.2 Å². The van der Waals surface area contributed by atoms with E-state index in [4.69, 9.17) is 23.2 Å². The highest BCUT2D eigenvalue weighted by atomic mass is 35.5. The molecule has 0 saturated carbocycles. The van der Waals surface area contributed by atoms with Crippen molar-refractivity contribution in [3.8, 4) is 0 Å². The number of aryl methyl sites for hydroxylation is 1. The van der Waals surface area contributed by atoms with Crippen molar-refractivity contribution in [2.24, 2.45) is 0 Å². The number of carboxylic acids is 1. The largest absolute Gasteiger partial charge is 0.480 e. The van der Waals surface area contributed by atoms with Gasteiger partial charge in [0.1, 0.15) is 6.54 Å². The normalized spacial score (nSPS) is 10.8. The van der Waals surface area contributed by atoms with Gasteiger partial charge in [-0.2, -0.15) is 0 Å². The van der Waals surface area contributed by atoms with Crippen molar-refractivity contribution in [3.63, 3.8) is 0 Å². The fourth-order valence-corrected chi connectivity index (χ4v) is 5.43. The Labute approximate surface area is 217 Å². The zero-order valence-electron chi connectivity index (χ0n) is 18.6. The second-order valence-electron chi connectivity index (χ2n) is 7.84. The lowest BCUT2D eigenvalue weighted by Gasteiger charge is -2.24. The van der Waals surface area contributed by atoms with Gasteiger partial charge in [0.2, 0.25) is 5.91 Å². The van der Waals surface area contributed by atoms with Crippen LogP contribution in [0.1, 0.15) is 12.0 Å². The molecule has 0 aliphatic carbocycles. The summed E-state index contributed by atoms with van der Waals surface area (Å²) in [5.41, 5.74) is 2.48. The number of aliphatic carboxylic acids is 1. The van der Waals surface area contributed by atoms with Crippen LogP contribution < -0.4 is 9.62 Å².